The van der Waals surface area contributed by atoms with Crippen LogP contribution in [0, 0.1) is 0 Å². The van der Waals surface area contributed by atoms with Crippen molar-refractivity contribution in [1.82, 2.24) is 4.98 Å². The van der Waals surface area contributed by atoms with E-state index >= 15 is 0 Å². The molecule has 3 nitrogen and oxygen atoms in total. The molecule has 94 valence electrons. The Labute approximate surface area is 119 Å². The van der Waals surface area contributed by atoms with Crippen LogP contribution in [-0.4, -0.2) is 4.98 Å². The van der Waals surface area contributed by atoms with Crippen LogP contribution in [-0.2, 0) is 0 Å². The second-order valence-corrected chi connectivity index (χ2v) is 5.10. The predicted molar refractivity (Wildman–Crippen MR) is 83.6 cm³/mol. The highest BCUT2D eigenvalue weighted by Crippen LogP contribution is 2.31. The van der Waals surface area contributed by atoms with Crippen LogP contribution in [0.3, 0.4) is 0 Å². The van der Waals surface area contributed by atoms with Crippen molar-refractivity contribution >= 4 is 43.9 Å². The number of nitrogens with zero attached hydrogens (tertiary/aromatic N) is 1. The number of pyridine rings is 1. The summed E-state index contributed by atoms with van der Waals surface area (Å²) in [6.07, 6.45) is 1.64. The molecule has 0 amide bonds. The lowest BCUT2D eigenvalue weighted by Gasteiger charge is -2.10. The van der Waals surface area contributed by atoms with Gasteiger partial charge in [0.1, 0.15) is 5.82 Å². The van der Waals surface area contributed by atoms with Crippen LogP contribution < -0.4 is 11.1 Å². The first-order valence-electron chi connectivity index (χ1n) is 5.90. The van der Waals surface area contributed by atoms with Crippen molar-refractivity contribution in [3.63, 3.8) is 0 Å². The highest BCUT2D eigenvalue weighted by molar-refractivity contribution is 9.10. The van der Waals surface area contributed by atoms with Crippen molar-refractivity contribution in [1.29, 1.82) is 0 Å². The molecule has 0 spiro atoms. The van der Waals surface area contributed by atoms with Gasteiger partial charge >= 0.3 is 0 Å². The molecule has 3 rings (SSSR count). The zero-order chi connectivity index (χ0) is 13.2. The van der Waals surface area contributed by atoms with Gasteiger partial charge in [-0.2, -0.15) is 0 Å². The maximum absolute atomic E-state index is 5.63. The van der Waals surface area contributed by atoms with Crippen LogP contribution in [0.5, 0.6) is 0 Å². The van der Waals surface area contributed by atoms with E-state index in [1.807, 2.05) is 36.4 Å². The summed E-state index contributed by atoms with van der Waals surface area (Å²) < 4.78 is 1.08. The number of benzene rings is 2. The quantitative estimate of drug-likeness (QED) is 0.740. The molecule has 0 unspecified atom stereocenters. The molecule has 0 aliphatic carbocycles. The summed E-state index contributed by atoms with van der Waals surface area (Å²) in [6.45, 7) is 0. The Morgan fingerprint density at radius 3 is 2.47 bits per heavy atom. The number of rotatable bonds is 2. The predicted octanol–water partition coefficient (Wildman–Crippen LogP) is 4.32. The molecule has 0 aliphatic heterocycles. The number of hydrogen-bond donors (Lipinski definition) is 2. The summed E-state index contributed by atoms with van der Waals surface area (Å²) in [6, 6.07) is 16.0. The molecular weight excluding hydrogens is 302 g/mol. The number of nitrogen functional groups attached to an aromatic ring is 1. The van der Waals surface area contributed by atoms with Crippen molar-refractivity contribution < 1.29 is 0 Å². The monoisotopic (exact) mass is 313 g/mol. The van der Waals surface area contributed by atoms with E-state index in [1.165, 1.54) is 5.39 Å². The topological polar surface area (TPSA) is 50.9 Å². The number of fused-ring (bicyclic) bond motifs is 1. The second-order valence-electron chi connectivity index (χ2n) is 4.24. The minimum atomic E-state index is 0.659. The number of nitrogens with one attached hydrogen (secondary N) is 1. The summed E-state index contributed by atoms with van der Waals surface area (Å²) in [5.41, 5.74) is 7.32. The van der Waals surface area contributed by atoms with E-state index < -0.39 is 0 Å². The molecule has 0 saturated carbocycles. The Balaban J connectivity index is 2.06. The average molecular weight is 314 g/mol. The smallest absolute Gasteiger partial charge is 0.130 e. The van der Waals surface area contributed by atoms with E-state index in [0.29, 0.717) is 5.69 Å². The van der Waals surface area contributed by atoms with Gasteiger partial charge < -0.3 is 11.1 Å². The van der Waals surface area contributed by atoms with Crippen molar-refractivity contribution in [2.45, 2.75) is 0 Å². The van der Waals surface area contributed by atoms with Crippen LogP contribution in [0.25, 0.3) is 10.8 Å². The summed E-state index contributed by atoms with van der Waals surface area (Å²) in [5.74, 6) is 0.779. The minimum Gasteiger partial charge on any atom is -0.397 e. The van der Waals surface area contributed by atoms with E-state index in [4.69, 9.17) is 5.73 Å². The highest BCUT2D eigenvalue weighted by Gasteiger charge is 2.04. The van der Waals surface area contributed by atoms with Crippen molar-refractivity contribution in [3.05, 3.63) is 59.2 Å². The molecule has 0 aliphatic rings. The van der Waals surface area contributed by atoms with E-state index in [2.05, 4.69) is 38.4 Å². The fourth-order valence-corrected chi connectivity index (χ4v) is 2.47. The van der Waals surface area contributed by atoms with E-state index in [-0.39, 0.29) is 0 Å². The third kappa shape index (κ3) is 2.39. The maximum atomic E-state index is 5.63. The summed E-state index contributed by atoms with van der Waals surface area (Å²) >= 11 is 3.57. The Bertz CT molecular complexity index is 723. The Hall–Kier alpha value is -2.07. The fourth-order valence-electron chi connectivity index (χ4n) is 1.99. The van der Waals surface area contributed by atoms with Gasteiger partial charge in [-0.05, 0) is 29.7 Å². The Morgan fingerprint density at radius 2 is 1.74 bits per heavy atom. The van der Waals surface area contributed by atoms with E-state index in [9.17, 15) is 0 Å². The van der Waals surface area contributed by atoms with E-state index in [1.54, 1.807) is 6.20 Å². The molecule has 0 bridgehead atoms. The molecule has 4 heteroatoms. The molecular formula is C15H12BrN3. The highest BCUT2D eigenvalue weighted by atomic mass is 79.9. The molecule has 1 heterocycles. The SMILES string of the molecule is Nc1ccc(Nc2ccc(Br)c3ccccc23)nc1. The lowest BCUT2D eigenvalue weighted by atomic mass is 10.1. The molecule has 2 aromatic carbocycles. The van der Waals surface area contributed by atoms with Crippen LogP contribution in [0.4, 0.5) is 17.2 Å². The molecule has 0 fully saturated rings. The van der Waals surface area contributed by atoms with Crippen LogP contribution in [0.2, 0.25) is 0 Å². The van der Waals surface area contributed by atoms with Crippen LogP contribution in [0.1, 0.15) is 0 Å². The van der Waals surface area contributed by atoms with Crippen molar-refractivity contribution in [3.8, 4) is 0 Å². The normalized spacial score (nSPS) is 10.6. The van der Waals surface area contributed by atoms with Gasteiger partial charge in [0.25, 0.3) is 0 Å². The van der Waals surface area contributed by atoms with Gasteiger partial charge in [0, 0.05) is 15.5 Å². The molecule has 0 atom stereocenters. The van der Waals surface area contributed by atoms with Gasteiger partial charge in [0.15, 0.2) is 0 Å². The third-order valence-electron chi connectivity index (χ3n) is 2.92. The van der Waals surface area contributed by atoms with Crippen molar-refractivity contribution in [2.24, 2.45) is 0 Å². The first-order valence-corrected chi connectivity index (χ1v) is 6.69. The van der Waals surface area contributed by atoms with Gasteiger partial charge in [-0.1, -0.05) is 40.2 Å². The lowest BCUT2D eigenvalue weighted by Crippen LogP contribution is -1.95. The Kier molecular flexibility index (Phi) is 3.09. The lowest BCUT2D eigenvalue weighted by molar-refractivity contribution is 1.31. The summed E-state index contributed by atoms with van der Waals surface area (Å²) in [5, 5.41) is 5.63. The zero-order valence-electron chi connectivity index (χ0n) is 10.1. The molecule has 19 heavy (non-hydrogen) atoms. The third-order valence-corrected chi connectivity index (χ3v) is 3.61. The largest absolute Gasteiger partial charge is 0.397 e. The molecule has 3 N–H and O–H groups in total. The molecule has 1 aromatic heterocycles. The molecule has 3 aromatic rings. The average Bonchev–Trinajstić information content (AvgIpc) is 2.45. The van der Waals surface area contributed by atoms with E-state index in [0.717, 1.165) is 21.4 Å². The standard InChI is InChI=1S/C15H12BrN3/c16-13-6-7-14(12-4-2-1-3-11(12)13)19-15-8-5-10(17)9-18-15/h1-9H,17H2,(H,18,19). The second kappa shape index (κ2) is 4.90. The first kappa shape index (κ1) is 12.0. The zero-order valence-corrected chi connectivity index (χ0v) is 11.7. The molecule has 0 saturated heterocycles. The van der Waals surface area contributed by atoms with Gasteiger partial charge in [-0.3, -0.25) is 0 Å². The number of aromatic nitrogens is 1. The van der Waals surface area contributed by atoms with Gasteiger partial charge in [0.2, 0.25) is 0 Å². The Morgan fingerprint density at radius 1 is 0.947 bits per heavy atom. The fraction of sp³-hybridized carbons (Fsp3) is 0. The number of nitrogens with two attached hydrogens (primary N) is 1. The number of hydrogen-bond acceptors (Lipinski definition) is 3. The summed E-state index contributed by atoms with van der Waals surface area (Å²) in [7, 11) is 0. The van der Waals surface area contributed by atoms with Crippen molar-refractivity contribution in [2.75, 3.05) is 11.1 Å². The first-order chi connectivity index (χ1) is 9.24. The maximum Gasteiger partial charge on any atom is 0.130 e. The van der Waals surface area contributed by atoms with Gasteiger partial charge in [-0.15, -0.1) is 0 Å². The van der Waals surface area contributed by atoms with Gasteiger partial charge in [0.05, 0.1) is 11.9 Å². The van der Waals surface area contributed by atoms with Gasteiger partial charge in [-0.25, -0.2) is 4.98 Å². The number of anilines is 3. The summed E-state index contributed by atoms with van der Waals surface area (Å²) in [4.78, 5) is 4.25. The van der Waals surface area contributed by atoms with Crippen LogP contribution >= 0.6 is 15.9 Å². The van der Waals surface area contributed by atoms with Crippen LogP contribution in [0.15, 0.2) is 59.2 Å². The minimum absolute atomic E-state index is 0.659. The number of halogens is 1. The molecule has 0 radical (unpaired) electrons.